The van der Waals surface area contributed by atoms with Crippen LogP contribution in [0.15, 0.2) is 78.9 Å². The molecule has 2 heterocycles. The van der Waals surface area contributed by atoms with Crippen molar-refractivity contribution in [3.63, 3.8) is 0 Å². The molecule has 0 atom stereocenters. The SMILES string of the molecule is CCCN(C(=O)c1c(C[N+]2([O-])CCCCC2)c(-c2ccccc2)nc2ccccc12)c1cccc(F)c1. The second-order valence-electron chi connectivity index (χ2n) is 9.86. The molecule has 1 aliphatic heterocycles. The number of benzene rings is 3. The molecule has 0 bridgehead atoms. The Balaban J connectivity index is 1.76. The number of quaternary nitrogens is 1. The number of amides is 1. The number of halogens is 1. The van der Waals surface area contributed by atoms with Crippen LogP contribution in [0.2, 0.25) is 0 Å². The third-order valence-corrected chi connectivity index (χ3v) is 7.14. The lowest BCUT2D eigenvalue weighted by molar-refractivity contribution is -0.898. The number of fused-ring (bicyclic) bond motifs is 1. The van der Waals surface area contributed by atoms with Gasteiger partial charge in [-0.25, -0.2) is 9.37 Å². The highest BCUT2D eigenvalue weighted by atomic mass is 19.1. The fourth-order valence-corrected chi connectivity index (χ4v) is 5.37. The summed E-state index contributed by atoms with van der Waals surface area (Å²) in [5.74, 6) is -0.629. The molecule has 1 aromatic heterocycles. The van der Waals surface area contributed by atoms with Gasteiger partial charge in [0.15, 0.2) is 0 Å². The Hall–Kier alpha value is -3.61. The van der Waals surface area contributed by atoms with Gasteiger partial charge in [0.05, 0.1) is 29.9 Å². The van der Waals surface area contributed by atoms with Gasteiger partial charge in [0.2, 0.25) is 0 Å². The monoisotopic (exact) mass is 497 g/mol. The molecule has 4 aromatic rings. The van der Waals surface area contributed by atoms with Gasteiger partial charge in [-0.1, -0.05) is 61.5 Å². The third-order valence-electron chi connectivity index (χ3n) is 7.14. The number of pyridine rings is 1. The molecular weight excluding hydrogens is 465 g/mol. The van der Waals surface area contributed by atoms with E-state index in [1.165, 1.54) is 12.1 Å². The highest BCUT2D eigenvalue weighted by Gasteiger charge is 2.31. The van der Waals surface area contributed by atoms with Crippen LogP contribution in [0, 0.1) is 11.0 Å². The van der Waals surface area contributed by atoms with Crippen molar-refractivity contribution >= 4 is 22.5 Å². The maximum absolute atomic E-state index is 14.5. The maximum atomic E-state index is 14.5. The van der Waals surface area contributed by atoms with Gasteiger partial charge in [-0.2, -0.15) is 0 Å². The second-order valence-corrected chi connectivity index (χ2v) is 9.86. The molecule has 6 heteroatoms. The average molecular weight is 498 g/mol. The summed E-state index contributed by atoms with van der Waals surface area (Å²) in [6.07, 6.45) is 3.51. The number of carbonyl (C=O) groups excluding carboxylic acids is 1. The van der Waals surface area contributed by atoms with E-state index in [1.807, 2.05) is 61.5 Å². The largest absolute Gasteiger partial charge is 0.633 e. The molecule has 1 fully saturated rings. The Morgan fingerprint density at radius 2 is 1.70 bits per heavy atom. The van der Waals surface area contributed by atoms with Gasteiger partial charge in [-0.15, -0.1) is 0 Å². The molecule has 37 heavy (non-hydrogen) atoms. The summed E-state index contributed by atoms with van der Waals surface area (Å²) >= 11 is 0. The number of nitrogens with zero attached hydrogens (tertiary/aromatic N) is 3. The Morgan fingerprint density at radius 3 is 2.43 bits per heavy atom. The number of aromatic nitrogens is 1. The van der Waals surface area contributed by atoms with Crippen LogP contribution in [0.1, 0.15) is 48.5 Å². The van der Waals surface area contributed by atoms with Crippen molar-refractivity contribution in [2.75, 3.05) is 24.5 Å². The van der Waals surface area contributed by atoms with Crippen LogP contribution < -0.4 is 4.90 Å². The van der Waals surface area contributed by atoms with Crippen LogP contribution in [-0.4, -0.2) is 35.2 Å². The Bertz CT molecular complexity index is 1400. The lowest BCUT2D eigenvalue weighted by Gasteiger charge is -2.46. The van der Waals surface area contributed by atoms with Crippen LogP contribution in [-0.2, 0) is 6.54 Å². The summed E-state index contributed by atoms with van der Waals surface area (Å²) in [6.45, 7) is 3.64. The van der Waals surface area contributed by atoms with Crippen molar-refractivity contribution in [2.45, 2.75) is 39.2 Å². The standard InChI is InChI=1S/C31H32FN3O2/c1-2-18-34(25-15-11-14-24(32)21-25)31(36)29-26-16-7-8-17-28(26)33-30(23-12-5-3-6-13-23)27(29)22-35(37)19-9-4-10-20-35/h3,5-8,11-17,21H,2,4,9-10,18-20,22H2,1H3. The zero-order valence-corrected chi connectivity index (χ0v) is 21.2. The minimum Gasteiger partial charge on any atom is -0.633 e. The van der Waals surface area contributed by atoms with E-state index in [1.54, 1.807) is 17.0 Å². The number of hydrogen-bond donors (Lipinski definition) is 0. The number of rotatable bonds is 7. The van der Waals surface area contributed by atoms with Gasteiger partial charge in [-0.05, 0) is 49.9 Å². The Kier molecular flexibility index (Phi) is 7.31. The molecule has 0 unspecified atom stereocenters. The molecule has 190 valence electrons. The van der Waals surface area contributed by atoms with Crippen LogP contribution in [0.25, 0.3) is 22.2 Å². The molecule has 3 aromatic carbocycles. The van der Waals surface area contributed by atoms with Crippen LogP contribution >= 0.6 is 0 Å². The number of likely N-dealkylation sites (tertiary alicyclic amines) is 1. The molecule has 0 aliphatic carbocycles. The molecule has 1 aliphatic rings. The van der Waals surface area contributed by atoms with E-state index in [-0.39, 0.29) is 17.1 Å². The summed E-state index contributed by atoms with van der Waals surface area (Å²) in [4.78, 5) is 21.1. The minimum atomic E-state index is -0.395. The molecule has 0 N–H and O–H groups in total. The number of hydrogen-bond acceptors (Lipinski definition) is 3. The fourth-order valence-electron chi connectivity index (χ4n) is 5.37. The van der Waals surface area contributed by atoms with E-state index in [9.17, 15) is 14.4 Å². The van der Waals surface area contributed by atoms with Crippen LogP contribution in [0.5, 0.6) is 0 Å². The zero-order valence-electron chi connectivity index (χ0n) is 21.2. The molecule has 0 radical (unpaired) electrons. The first-order valence-electron chi connectivity index (χ1n) is 13.1. The van der Waals surface area contributed by atoms with Gasteiger partial charge in [-0.3, -0.25) is 4.79 Å². The first-order chi connectivity index (χ1) is 18.0. The van der Waals surface area contributed by atoms with Gasteiger partial charge in [0.1, 0.15) is 12.4 Å². The van der Waals surface area contributed by atoms with Crippen molar-refractivity contribution < 1.29 is 13.8 Å². The lowest BCUT2D eigenvalue weighted by atomic mass is 9.94. The molecular formula is C31H32FN3O2. The average Bonchev–Trinajstić information content (AvgIpc) is 2.91. The zero-order chi connectivity index (χ0) is 25.8. The number of piperidine rings is 1. The highest BCUT2D eigenvalue weighted by molar-refractivity contribution is 6.15. The number of carbonyl (C=O) groups is 1. The van der Waals surface area contributed by atoms with Crippen molar-refractivity contribution in [2.24, 2.45) is 0 Å². The molecule has 1 saturated heterocycles. The van der Waals surface area contributed by atoms with Crippen LogP contribution in [0.3, 0.4) is 0 Å². The predicted octanol–water partition coefficient (Wildman–Crippen LogP) is 7.10. The number of para-hydroxylation sites is 1. The van der Waals surface area contributed by atoms with E-state index in [4.69, 9.17) is 4.98 Å². The first-order valence-corrected chi connectivity index (χ1v) is 13.1. The van der Waals surface area contributed by atoms with Crippen molar-refractivity contribution in [3.05, 3.63) is 101 Å². The lowest BCUT2D eigenvalue weighted by Crippen LogP contribution is -2.46. The normalized spacial score (nSPS) is 15.0. The summed E-state index contributed by atoms with van der Waals surface area (Å²) in [6, 6.07) is 23.5. The molecule has 5 rings (SSSR count). The molecule has 0 saturated carbocycles. The van der Waals surface area contributed by atoms with E-state index in [0.29, 0.717) is 59.5 Å². The number of hydroxylamine groups is 3. The van der Waals surface area contributed by atoms with E-state index in [0.717, 1.165) is 24.8 Å². The summed E-state index contributed by atoms with van der Waals surface area (Å²) in [5, 5.41) is 14.6. The molecule has 1 amide bonds. The van der Waals surface area contributed by atoms with Crippen molar-refractivity contribution in [1.82, 2.24) is 4.98 Å². The maximum Gasteiger partial charge on any atom is 0.259 e. The van der Waals surface area contributed by atoms with E-state index >= 15 is 0 Å². The first kappa shape index (κ1) is 25.1. The van der Waals surface area contributed by atoms with E-state index < -0.39 is 5.82 Å². The fraction of sp³-hybridized carbons (Fsp3) is 0.290. The smallest absolute Gasteiger partial charge is 0.259 e. The Morgan fingerprint density at radius 1 is 0.973 bits per heavy atom. The molecule has 5 nitrogen and oxygen atoms in total. The second kappa shape index (κ2) is 10.8. The summed E-state index contributed by atoms with van der Waals surface area (Å²) < 4.78 is 13.9. The third kappa shape index (κ3) is 5.26. The van der Waals surface area contributed by atoms with E-state index in [2.05, 4.69) is 0 Å². The van der Waals surface area contributed by atoms with Crippen molar-refractivity contribution in [3.8, 4) is 11.3 Å². The van der Waals surface area contributed by atoms with Gasteiger partial charge in [0, 0.05) is 28.7 Å². The number of anilines is 1. The van der Waals surface area contributed by atoms with Crippen LogP contribution in [0.4, 0.5) is 10.1 Å². The van der Waals surface area contributed by atoms with Gasteiger partial charge < -0.3 is 14.8 Å². The predicted molar refractivity (Wildman–Crippen MR) is 146 cm³/mol. The minimum absolute atomic E-state index is 0.173. The van der Waals surface area contributed by atoms with Gasteiger partial charge in [0.25, 0.3) is 5.91 Å². The highest BCUT2D eigenvalue weighted by Crippen LogP contribution is 2.35. The Labute approximate surface area is 217 Å². The quantitative estimate of drug-likeness (QED) is 0.202. The summed E-state index contributed by atoms with van der Waals surface area (Å²) in [7, 11) is 0. The van der Waals surface area contributed by atoms with Crippen molar-refractivity contribution in [1.29, 1.82) is 0 Å². The summed E-state index contributed by atoms with van der Waals surface area (Å²) in [5.41, 5.74) is 3.89. The van der Waals surface area contributed by atoms with Gasteiger partial charge >= 0.3 is 0 Å². The molecule has 0 spiro atoms. The topological polar surface area (TPSA) is 56.3 Å².